The lowest BCUT2D eigenvalue weighted by Gasteiger charge is -2.25. The highest BCUT2D eigenvalue weighted by Crippen LogP contribution is 2.15. The van der Waals surface area contributed by atoms with Crippen LogP contribution in [0.3, 0.4) is 0 Å². The van der Waals surface area contributed by atoms with E-state index in [2.05, 4.69) is 15.6 Å². The van der Waals surface area contributed by atoms with E-state index in [0.717, 1.165) is 24.8 Å². The smallest absolute Gasteiger partial charge is 0.239 e. The van der Waals surface area contributed by atoms with Gasteiger partial charge in [0.1, 0.15) is 0 Å². The maximum atomic E-state index is 12.8. The number of hydrogen-bond donors (Lipinski definition) is 2. The van der Waals surface area contributed by atoms with Gasteiger partial charge in [0, 0.05) is 44.1 Å². The van der Waals surface area contributed by atoms with Crippen LogP contribution < -0.4 is 10.6 Å². The molecule has 1 aliphatic rings. The van der Waals surface area contributed by atoms with Gasteiger partial charge in [0.05, 0.1) is 12.6 Å². The molecule has 0 bridgehead atoms. The van der Waals surface area contributed by atoms with Crippen molar-refractivity contribution in [1.82, 2.24) is 15.2 Å². The van der Waals surface area contributed by atoms with Crippen LogP contribution in [0.5, 0.6) is 0 Å². The molecule has 1 fully saturated rings. The largest absolute Gasteiger partial charge is 0.376 e. The minimum Gasteiger partial charge on any atom is -0.376 e. The third kappa shape index (κ3) is 8.10. The van der Waals surface area contributed by atoms with Crippen molar-refractivity contribution in [1.29, 1.82) is 0 Å². The summed E-state index contributed by atoms with van der Waals surface area (Å²) < 4.78 is 5.64. The Morgan fingerprint density at radius 1 is 1.16 bits per heavy atom. The Bertz CT molecular complexity index is 838. The average molecular weight is 445 g/mol. The van der Waals surface area contributed by atoms with Crippen LogP contribution in [0.15, 0.2) is 41.9 Å². The zero-order chi connectivity index (χ0) is 21.9. The van der Waals surface area contributed by atoms with Crippen LogP contribution in [0.4, 0.5) is 5.13 Å². The highest BCUT2D eigenvalue weighted by atomic mass is 32.1. The van der Waals surface area contributed by atoms with Gasteiger partial charge in [0.25, 0.3) is 0 Å². The third-order valence-electron chi connectivity index (χ3n) is 4.96. The Hall–Kier alpha value is -2.78. The molecule has 166 valence electrons. The number of nitrogens with zero attached hydrogens (tertiary/aromatic N) is 2. The van der Waals surface area contributed by atoms with Gasteiger partial charge in [0.2, 0.25) is 17.7 Å². The number of thiazole rings is 1. The highest BCUT2D eigenvalue weighted by molar-refractivity contribution is 7.13. The van der Waals surface area contributed by atoms with Gasteiger partial charge in [-0.3, -0.25) is 14.4 Å². The van der Waals surface area contributed by atoms with Crippen molar-refractivity contribution >= 4 is 34.2 Å². The molecular formula is C22H28N4O4S. The fraction of sp³-hybridized carbons (Fsp3) is 0.455. The van der Waals surface area contributed by atoms with Gasteiger partial charge in [-0.2, -0.15) is 0 Å². The van der Waals surface area contributed by atoms with Gasteiger partial charge >= 0.3 is 0 Å². The quantitative estimate of drug-likeness (QED) is 0.554. The second kappa shape index (κ2) is 12.2. The number of nitrogens with one attached hydrogen (secondary N) is 2. The molecule has 0 unspecified atom stereocenters. The number of hydrogen-bond acceptors (Lipinski definition) is 6. The van der Waals surface area contributed by atoms with Crippen LogP contribution in [0.25, 0.3) is 0 Å². The maximum absolute atomic E-state index is 12.8. The Balaban J connectivity index is 1.46. The Morgan fingerprint density at radius 3 is 2.71 bits per heavy atom. The van der Waals surface area contributed by atoms with Gasteiger partial charge in [-0.1, -0.05) is 30.3 Å². The van der Waals surface area contributed by atoms with Gasteiger partial charge in [-0.15, -0.1) is 11.3 Å². The fourth-order valence-electron chi connectivity index (χ4n) is 3.35. The maximum Gasteiger partial charge on any atom is 0.239 e. The first-order valence-electron chi connectivity index (χ1n) is 10.5. The molecule has 1 aromatic heterocycles. The summed E-state index contributed by atoms with van der Waals surface area (Å²) >= 11 is 1.32. The molecule has 1 atom stereocenters. The molecule has 0 radical (unpaired) electrons. The summed E-state index contributed by atoms with van der Waals surface area (Å²) in [4.78, 5) is 42.8. The Kier molecular flexibility index (Phi) is 8.99. The summed E-state index contributed by atoms with van der Waals surface area (Å²) in [5, 5.41) is 7.81. The summed E-state index contributed by atoms with van der Waals surface area (Å²) in [6.07, 6.45) is 4.15. The summed E-state index contributed by atoms with van der Waals surface area (Å²) in [6.45, 7) is 1.49. The molecule has 1 saturated heterocycles. The van der Waals surface area contributed by atoms with Gasteiger partial charge < -0.3 is 20.3 Å². The van der Waals surface area contributed by atoms with E-state index in [0.29, 0.717) is 24.8 Å². The van der Waals surface area contributed by atoms with E-state index in [1.54, 1.807) is 11.6 Å². The molecule has 0 spiro atoms. The Morgan fingerprint density at radius 2 is 2.00 bits per heavy atom. The molecular weight excluding hydrogens is 416 g/mol. The van der Waals surface area contributed by atoms with Crippen LogP contribution in [-0.4, -0.2) is 60.0 Å². The molecule has 1 aliphatic heterocycles. The molecule has 2 N–H and O–H groups in total. The van der Waals surface area contributed by atoms with E-state index in [1.165, 1.54) is 16.2 Å². The van der Waals surface area contributed by atoms with Crippen molar-refractivity contribution in [2.24, 2.45) is 0 Å². The van der Waals surface area contributed by atoms with Crippen LogP contribution in [-0.2, 0) is 25.5 Å². The molecule has 9 heteroatoms. The van der Waals surface area contributed by atoms with Gasteiger partial charge in [-0.25, -0.2) is 4.98 Å². The number of benzene rings is 1. The van der Waals surface area contributed by atoms with Crippen molar-refractivity contribution in [2.75, 3.05) is 31.6 Å². The van der Waals surface area contributed by atoms with Gasteiger partial charge in [0.15, 0.2) is 5.13 Å². The van der Waals surface area contributed by atoms with Gasteiger partial charge in [-0.05, 0) is 24.8 Å². The number of carbonyl (C=O) groups is 3. The first-order chi connectivity index (χ1) is 15.1. The number of anilines is 1. The second-order valence-electron chi connectivity index (χ2n) is 7.38. The normalized spacial score (nSPS) is 15.4. The molecule has 31 heavy (non-hydrogen) atoms. The van der Waals surface area contributed by atoms with Crippen molar-refractivity contribution in [3.8, 4) is 0 Å². The van der Waals surface area contributed by atoms with Crippen molar-refractivity contribution in [2.45, 2.75) is 38.2 Å². The fourth-order valence-corrected chi connectivity index (χ4v) is 3.90. The minimum absolute atomic E-state index is 0.0290. The zero-order valence-corrected chi connectivity index (χ0v) is 18.2. The highest BCUT2D eigenvalue weighted by Gasteiger charge is 2.24. The number of aromatic nitrogens is 1. The van der Waals surface area contributed by atoms with E-state index >= 15 is 0 Å². The van der Waals surface area contributed by atoms with Crippen molar-refractivity contribution < 1.29 is 19.1 Å². The molecule has 0 saturated carbocycles. The Labute approximate surface area is 186 Å². The predicted octanol–water partition coefficient (Wildman–Crippen LogP) is 2.23. The van der Waals surface area contributed by atoms with Crippen molar-refractivity contribution in [3.05, 3.63) is 47.5 Å². The van der Waals surface area contributed by atoms with E-state index in [4.69, 9.17) is 4.74 Å². The van der Waals surface area contributed by atoms with Crippen LogP contribution >= 0.6 is 11.3 Å². The third-order valence-corrected chi connectivity index (χ3v) is 5.65. The lowest BCUT2D eigenvalue weighted by atomic mass is 10.1. The first-order valence-corrected chi connectivity index (χ1v) is 11.4. The average Bonchev–Trinajstić information content (AvgIpc) is 3.47. The van der Waals surface area contributed by atoms with Crippen LogP contribution in [0.2, 0.25) is 0 Å². The number of ether oxygens (including phenoxy) is 1. The second-order valence-corrected chi connectivity index (χ2v) is 8.27. The summed E-state index contributed by atoms with van der Waals surface area (Å²) in [7, 11) is 0. The molecule has 1 aromatic carbocycles. The minimum atomic E-state index is -0.271. The summed E-state index contributed by atoms with van der Waals surface area (Å²) in [5.41, 5.74) is 1.14. The van der Waals surface area contributed by atoms with Crippen molar-refractivity contribution in [3.63, 3.8) is 0 Å². The zero-order valence-electron chi connectivity index (χ0n) is 17.4. The molecule has 8 nitrogen and oxygen atoms in total. The predicted molar refractivity (Wildman–Crippen MR) is 119 cm³/mol. The first kappa shape index (κ1) is 22.9. The molecule has 3 amide bonds. The molecule has 2 heterocycles. The van der Waals surface area contributed by atoms with E-state index in [-0.39, 0.29) is 43.2 Å². The molecule has 0 aliphatic carbocycles. The monoisotopic (exact) mass is 444 g/mol. The standard InChI is InChI=1S/C22H28N4O4S/c27-19(25-22-24-12-14-31-22)8-9-21(29)26(15-18-7-4-13-30-18)16-20(28)23-11-10-17-5-2-1-3-6-17/h1-3,5-6,12,14,18H,4,7-11,13,15-16H2,(H,23,28)(H,24,25,27)/t18-/m0/s1. The topological polar surface area (TPSA) is 101 Å². The lowest BCUT2D eigenvalue weighted by molar-refractivity contribution is -0.138. The van der Waals surface area contributed by atoms with Crippen LogP contribution in [0.1, 0.15) is 31.2 Å². The molecule has 2 aromatic rings. The molecule has 3 rings (SSSR count). The number of rotatable bonds is 11. The number of amides is 3. The summed E-state index contributed by atoms with van der Waals surface area (Å²) in [6, 6.07) is 9.90. The van der Waals surface area contributed by atoms with Crippen LogP contribution in [0, 0.1) is 0 Å². The number of carbonyl (C=O) groups excluding carboxylic acids is 3. The van der Waals surface area contributed by atoms with E-state index in [9.17, 15) is 14.4 Å². The summed E-state index contributed by atoms with van der Waals surface area (Å²) in [5.74, 6) is -0.717. The lowest BCUT2D eigenvalue weighted by Crippen LogP contribution is -2.44. The van der Waals surface area contributed by atoms with E-state index in [1.807, 2.05) is 30.3 Å². The van der Waals surface area contributed by atoms with E-state index < -0.39 is 0 Å². The SMILES string of the molecule is O=C(CN(C[C@@H]1CCCO1)C(=O)CCC(=O)Nc1nccs1)NCCc1ccccc1.